The lowest BCUT2D eigenvalue weighted by Gasteiger charge is -2.16. The molecular weight excluding hydrogens is 360 g/mol. The van der Waals surface area contributed by atoms with E-state index in [2.05, 4.69) is 21.2 Å². The maximum atomic E-state index is 12.3. The summed E-state index contributed by atoms with van der Waals surface area (Å²) in [5.41, 5.74) is 6.72. The molecule has 0 radical (unpaired) electrons. The van der Waals surface area contributed by atoms with Crippen LogP contribution in [0.3, 0.4) is 0 Å². The van der Waals surface area contributed by atoms with Crippen molar-refractivity contribution in [1.29, 1.82) is 0 Å². The Kier molecular flexibility index (Phi) is 5.76. The zero-order valence-electron chi connectivity index (χ0n) is 12.6. The van der Waals surface area contributed by atoms with Gasteiger partial charge in [-0.1, -0.05) is 34.1 Å². The van der Waals surface area contributed by atoms with Gasteiger partial charge in [0.15, 0.2) is 0 Å². The summed E-state index contributed by atoms with van der Waals surface area (Å²) < 4.78 is 5.94. The summed E-state index contributed by atoms with van der Waals surface area (Å²) in [4.78, 5) is 23.9. The second-order valence-electron chi connectivity index (χ2n) is 4.99. The van der Waals surface area contributed by atoms with E-state index in [1.165, 1.54) is 0 Å². The number of benzene rings is 2. The normalized spacial score (nSPS) is 11.6. The van der Waals surface area contributed by atoms with Crippen LogP contribution in [0.15, 0.2) is 53.0 Å². The lowest BCUT2D eigenvalue weighted by molar-refractivity contribution is -0.119. The highest BCUT2D eigenvalue weighted by molar-refractivity contribution is 9.10. The number of hydrogen-bond acceptors (Lipinski definition) is 3. The number of amides is 2. The van der Waals surface area contributed by atoms with Crippen LogP contribution in [0, 0.1) is 0 Å². The van der Waals surface area contributed by atoms with Gasteiger partial charge in [-0.2, -0.15) is 0 Å². The molecule has 23 heavy (non-hydrogen) atoms. The van der Waals surface area contributed by atoms with Crippen LogP contribution in [0.5, 0.6) is 5.75 Å². The smallest absolute Gasteiger partial charge is 0.251 e. The van der Waals surface area contributed by atoms with Gasteiger partial charge in [-0.05, 0) is 35.9 Å². The van der Waals surface area contributed by atoms with Crippen molar-refractivity contribution in [3.63, 3.8) is 0 Å². The third-order valence-corrected chi connectivity index (χ3v) is 3.80. The van der Waals surface area contributed by atoms with Crippen molar-refractivity contribution in [2.24, 2.45) is 5.73 Å². The van der Waals surface area contributed by atoms with E-state index in [0.717, 1.165) is 10.0 Å². The van der Waals surface area contributed by atoms with Crippen molar-refractivity contribution >= 4 is 27.7 Å². The van der Waals surface area contributed by atoms with Gasteiger partial charge in [0.2, 0.25) is 5.91 Å². The van der Waals surface area contributed by atoms with Gasteiger partial charge in [0.1, 0.15) is 11.8 Å². The minimum Gasteiger partial charge on any atom is -0.497 e. The SMILES string of the molecule is COc1cccc(C[C@H](NC(=O)c2cccc(Br)c2)C(N)=O)c1. The quantitative estimate of drug-likeness (QED) is 0.811. The Morgan fingerprint density at radius 3 is 2.61 bits per heavy atom. The van der Waals surface area contributed by atoms with E-state index in [4.69, 9.17) is 10.5 Å². The first-order chi connectivity index (χ1) is 11.0. The fraction of sp³-hybridized carbons (Fsp3) is 0.176. The second-order valence-corrected chi connectivity index (χ2v) is 5.91. The van der Waals surface area contributed by atoms with Gasteiger partial charge in [-0.3, -0.25) is 9.59 Å². The molecule has 0 saturated heterocycles. The van der Waals surface area contributed by atoms with Crippen LogP contribution < -0.4 is 15.8 Å². The molecule has 0 aliphatic rings. The molecule has 0 bridgehead atoms. The molecule has 5 nitrogen and oxygen atoms in total. The van der Waals surface area contributed by atoms with Crippen LogP contribution in [0.2, 0.25) is 0 Å². The molecule has 0 saturated carbocycles. The zero-order chi connectivity index (χ0) is 16.8. The molecule has 0 aliphatic heterocycles. The number of carbonyl (C=O) groups excluding carboxylic acids is 2. The summed E-state index contributed by atoms with van der Waals surface area (Å²) in [6.07, 6.45) is 0.298. The number of ether oxygens (including phenoxy) is 1. The molecule has 6 heteroatoms. The first-order valence-corrected chi connectivity index (χ1v) is 7.77. The lowest BCUT2D eigenvalue weighted by atomic mass is 10.0. The first kappa shape index (κ1) is 17.0. The summed E-state index contributed by atoms with van der Waals surface area (Å²) in [5, 5.41) is 2.67. The van der Waals surface area contributed by atoms with Gasteiger partial charge < -0.3 is 15.8 Å². The van der Waals surface area contributed by atoms with Crippen LogP contribution in [0.25, 0.3) is 0 Å². The fourth-order valence-electron chi connectivity index (χ4n) is 2.13. The van der Waals surface area contributed by atoms with Gasteiger partial charge in [-0.25, -0.2) is 0 Å². The van der Waals surface area contributed by atoms with Gasteiger partial charge in [-0.15, -0.1) is 0 Å². The summed E-state index contributed by atoms with van der Waals surface area (Å²) in [6.45, 7) is 0. The minimum atomic E-state index is -0.798. The van der Waals surface area contributed by atoms with E-state index in [1.54, 1.807) is 31.4 Å². The highest BCUT2D eigenvalue weighted by Gasteiger charge is 2.19. The van der Waals surface area contributed by atoms with E-state index in [1.807, 2.05) is 24.3 Å². The Bertz CT molecular complexity index is 718. The number of hydrogen-bond donors (Lipinski definition) is 2. The van der Waals surface area contributed by atoms with Crippen LogP contribution in [-0.4, -0.2) is 25.0 Å². The van der Waals surface area contributed by atoms with Crippen LogP contribution in [0.4, 0.5) is 0 Å². The molecule has 1 atom stereocenters. The average Bonchev–Trinajstić information content (AvgIpc) is 2.54. The number of primary amides is 1. The molecule has 0 aromatic heterocycles. The molecule has 0 spiro atoms. The van der Waals surface area contributed by atoms with Crippen molar-refractivity contribution in [2.45, 2.75) is 12.5 Å². The number of halogens is 1. The topological polar surface area (TPSA) is 81.4 Å². The standard InChI is InChI=1S/C17H17BrN2O3/c1-23-14-7-2-4-11(8-14)9-15(16(19)21)20-17(22)12-5-3-6-13(18)10-12/h2-8,10,15H,9H2,1H3,(H2,19,21)(H,20,22)/t15-/m0/s1. The predicted octanol–water partition coefficient (Wildman–Crippen LogP) is 2.28. The van der Waals surface area contributed by atoms with Gasteiger partial charge in [0.25, 0.3) is 5.91 Å². The molecular formula is C17H17BrN2O3. The van der Waals surface area contributed by atoms with E-state index >= 15 is 0 Å². The molecule has 2 amide bonds. The van der Waals surface area contributed by atoms with E-state index in [-0.39, 0.29) is 5.91 Å². The van der Waals surface area contributed by atoms with Gasteiger partial charge in [0, 0.05) is 16.5 Å². The zero-order valence-corrected chi connectivity index (χ0v) is 14.2. The number of methoxy groups -OCH3 is 1. The van der Waals surface area contributed by atoms with Crippen molar-refractivity contribution in [1.82, 2.24) is 5.32 Å². The van der Waals surface area contributed by atoms with Crippen LogP contribution in [-0.2, 0) is 11.2 Å². The number of rotatable bonds is 6. The van der Waals surface area contributed by atoms with E-state index in [9.17, 15) is 9.59 Å². The Labute approximate surface area is 143 Å². The molecule has 0 unspecified atom stereocenters. The molecule has 0 heterocycles. The molecule has 0 aliphatic carbocycles. The highest BCUT2D eigenvalue weighted by atomic mass is 79.9. The Morgan fingerprint density at radius 2 is 1.96 bits per heavy atom. The molecule has 3 N–H and O–H groups in total. The summed E-state index contributed by atoms with van der Waals surface area (Å²) in [5.74, 6) is -0.252. The first-order valence-electron chi connectivity index (χ1n) is 6.98. The lowest BCUT2D eigenvalue weighted by Crippen LogP contribution is -2.45. The molecule has 0 fully saturated rings. The Hall–Kier alpha value is -2.34. The molecule has 2 aromatic rings. The Balaban J connectivity index is 2.12. The highest BCUT2D eigenvalue weighted by Crippen LogP contribution is 2.15. The maximum Gasteiger partial charge on any atom is 0.251 e. The van der Waals surface area contributed by atoms with Gasteiger partial charge >= 0.3 is 0 Å². The molecule has 120 valence electrons. The molecule has 2 aromatic carbocycles. The summed E-state index contributed by atoms with van der Waals surface area (Å²) >= 11 is 3.31. The largest absolute Gasteiger partial charge is 0.497 e. The van der Waals surface area contributed by atoms with Gasteiger partial charge in [0.05, 0.1) is 7.11 Å². The van der Waals surface area contributed by atoms with E-state index in [0.29, 0.717) is 17.7 Å². The second kappa shape index (κ2) is 7.78. The average molecular weight is 377 g/mol. The number of nitrogens with two attached hydrogens (primary N) is 1. The third kappa shape index (κ3) is 4.82. The molecule has 2 rings (SSSR count). The number of nitrogens with one attached hydrogen (secondary N) is 1. The monoisotopic (exact) mass is 376 g/mol. The van der Waals surface area contributed by atoms with Crippen molar-refractivity contribution in [3.05, 3.63) is 64.1 Å². The van der Waals surface area contributed by atoms with Crippen LogP contribution >= 0.6 is 15.9 Å². The maximum absolute atomic E-state index is 12.3. The van der Waals surface area contributed by atoms with Crippen molar-refractivity contribution in [3.8, 4) is 5.75 Å². The minimum absolute atomic E-state index is 0.298. The van der Waals surface area contributed by atoms with Crippen LogP contribution in [0.1, 0.15) is 15.9 Å². The van der Waals surface area contributed by atoms with Crippen molar-refractivity contribution in [2.75, 3.05) is 7.11 Å². The fourth-order valence-corrected chi connectivity index (χ4v) is 2.53. The van der Waals surface area contributed by atoms with E-state index < -0.39 is 11.9 Å². The predicted molar refractivity (Wildman–Crippen MR) is 91.3 cm³/mol. The number of carbonyl (C=O) groups is 2. The van der Waals surface area contributed by atoms with Crippen molar-refractivity contribution < 1.29 is 14.3 Å². The summed E-state index contributed by atoms with van der Waals surface area (Å²) in [7, 11) is 1.57. The third-order valence-electron chi connectivity index (χ3n) is 3.31. The Morgan fingerprint density at radius 1 is 1.22 bits per heavy atom. The summed E-state index contributed by atoms with van der Waals surface area (Å²) in [6, 6.07) is 13.4.